The molecule has 1 saturated heterocycles. The van der Waals surface area contributed by atoms with Crippen LogP contribution in [0.1, 0.15) is 21.6 Å². The van der Waals surface area contributed by atoms with Crippen molar-refractivity contribution in [2.75, 3.05) is 38.5 Å². The number of hydrogen-bond donors (Lipinski definition) is 2. The SMILES string of the molecule is CN1CCN(Cc2cccc(-c3nc(CC(=O)Nc4ccc(C(N)=O)cc4)cs3)c2)CC1. The quantitative estimate of drug-likeness (QED) is 0.579. The Labute approximate surface area is 191 Å². The molecule has 0 radical (unpaired) electrons. The van der Waals surface area contributed by atoms with Crippen molar-refractivity contribution in [2.45, 2.75) is 13.0 Å². The summed E-state index contributed by atoms with van der Waals surface area (Å²) in [7, 11) is 2.16. The number of nitrogens with zero attached hydrogens (tertiary/aromatic N) is 3. The van der Waals surface area contributed by atoms with E-state index >= 15 is 0 Å². The van der Waals surface area contributed by atoms with Crippen molar-refractivity contribution in [3.05, 3.63) is 70.7 Å². The number of primary amides is 1. The van der Waals surface area contributed by atoms with Gasteiger partial charge in [0.15, 0.2) is 0 Å². The Kier molecular flexibility index (Phi) is 6.94. The number of nitrogens with one attached hydrogen (secondary N) is 1. The van der Waals surface area contributed by atoms with Crippen LogP contribution in [0.3, 0.4) is 0 Å². The van der Waals surface area contributed by atoms with Gasteiger partial charge < -0.3 is 16.0 Å². The van der Waals surface area contributed by atoms with Crippen molar-refractivity contribution in [2.24, 2.45) is 5.73 Å². The molecule has 1 aromatic heterocycles. The maximum absolute atomic E-state index is 12.4. The van der Waals surface area contributed by atoms with Crippen LogP contribution < -0.4 is 11.1 Å². The summed E-state index contributed by atoms with van der Waals surface area (Å²) in [5, 5.41) is 5.67. The molecule has 0 unspecified atom stereocenters. The van der Waals surface area contributed by atoms with E-state index in [-0.39, 0.29) is 12.3 Å². The Balaban J connectivity index is 1.36. The van der Waals surface area contributed by atoms with E-state index in [0.717, 1.165) is 49.0 Å². The van der Waals surface area contributed by atoms with Gasteiger partial charge in [0.25, 0.3) is 0 Å². The summed E-state index contributed by atoms with van der Waals surface area (Å²) >= 11 is 1.55. The Morgan fingerprint density at radius 1 is 1.09 bits per heavy atom. The highest BCUT2D eigenvalue weighted by atomic mass is 32.1. The fourth-order valence-electron chi connectivity index (χ4n) is 3.68. The minimum absolute atomic E-state index is 0.155. The molecule has 4 rings (SSSR count). The highest BCUT2D eigenvalue weighted by Crippen LogP contribution is 2.25. The van der Waals surface area contributed by atoms with Crippen molar-refractivity contribution < 1.29 is 9.59 Å². The van der Waals surface area contributed by atoms with Gasteiger partial charge in [-0.1, -0.05) is 18.2 Å². The summed E-state index contributed by atoms with van der Waals surface area (Å²) in [6, 6.07) is 15.0. The number of likely N-dealkylation sites (N-methyl/N-ethyl adjacent to an activating group) is 1. The molecule has 1 aliphatic heterocycles. The van der Waals surface area contributed by atoms with Gasteiger partial charge in [-0.25, -0.2) is 4.98 Å². The summed E-state index contributed by atoms with van der Waals surface area (Å²) in [5.41, 5.74) is 9.36. The van der Waals surface area contributed by atoms with E-state index in [4.69, 9.17) is 5.73 Å². The van der Waals surface area contributed by atoms with Crippen LogP contribution in [0.15, 0.2) is 53.9 Å². The normalized spacial score (nSPS) is 14.9. The van der Waals surface area contributed by atoms with Gasteiger partial charge in [0.2, 0.25) is 11.8 Å². The first-order chi connectivity index (χ1) is 15.5. The number of rotatable bonds is 7. The lowest BCUT2D eigenvalue weighted by Crippen LogP contribution is -2.43. The van der Waals surface area contributed by atoms with Gasteiger partial charge in [0.05, 0.1) is 12.1 Å². The zero-order valence-electron chi connectivity index (χ0n) is 18.1. The molecule has 3 aromatic rings. The fourth-order valence-corrected chi connectivity index (χ4v) is 4.49. The second kappa shape index (κ2) is 10.0. The van der Waals surface area contributed by atoms with Crippen LogP contribution in [0.25, 0.3) is 10.6 Å². The maximum atomic E-state index is 12.4. The van der Waals surface area contributed by atoms with E-state index in [0.29, 0.717) is 11.3 Å². The zero-order valence-corrected chi connectivity index (χ0v) is 18.9. The summed E-state index contributed by atoms with van der Waals surface area (Å²) in [6.07, 6.45) is 0.190. The number of amides is 2. The molecule has 2 aromatic carbocycles. The lowest BCUT2D eigenvalue weighted by Gasteiger charge is -2.32. The molecule has 1 aliphatic rings. The molecule has 2 amide bonds. The molecule has 3 N–H and O–H groups in total. The summed E-state index contributed by atoms with van der Waals surface area (Å²) in [4.78, 5) is 33.1. The van der Waals surface area contributed by atoms with Gasteiger partial charge >= 0.3 is 0 Å². The topological polar surface area (TPSA) is 91.6 Å². The van der Waals surface area contributed by atoms with E-state index in [1.807, 2.05) is 5.38 Å². The first kappa shape index (κ1) is 22.1. The predicted molar refractivity (Wildman–Crippen MR) is 128 cm³/mol. The third kappa shape index (κ3) is 5.79. The van der Waals surface area contributed by atoms with Crippen LogP contribution in [-0.2, 0) is 17.8 Å². The minimum atomic E-state index is -0.495. The average Bonchev–Trinajstić information content (AvgIpc) is 3.24. The van der Waals surface area contributed by atoms with Gasteiger partial charge in [-0.05, 0) is 42.9 Å². The molecular weight excluding hydrogens is 422 g/mol. The third-order valence-corrected chi connectivity index (χ3v) is 6.46. The standard InChI is InChI=1S/C24H27N5O2S/c1-28-9-11-29(12-10-28)15-17-3-2-4-19(13-17)24-27-21(16-32-24)14-22(30)26-20-7-5-18(6-8-20)23(25)31/h2-8,13,16H,9-12,14-15H2,1H3,(H2,25,31)(H,26,30). The van der Waals surface area contributed by atoms with Crippen molar-refractivity contribution in [1.82, 2.24) is 14.8 Å². The second-order valence-corrected chi connectivity index (χ2v) is 8.95. The number of carbonyl (C=O) groups excluding carboxylic acids is 2. The van der Waals surface area contributed by atoms with E-state index in [1.54, 1.807) is 35.6 Å². The van der Waals surface area contributed by atoms with E-state index in [2.05, 4.69) is 51.4 Å². The summed E-state index contributed by atoms with van der Waals surface area (Å²) in [6.45, 7) is 5.32. The molecule has 0 spiro atoms. The van der Waals surface area contributed by atoms with Crippen LogP contribution in [0.5, 0.6) is 0 Å². The average molecular weight is 450 g/mol. The molecule has 166 valence electrons. The number of carbonyl (C=O) groups is 2. The predicted octanol–water partition coefficient (Wildman–Crippen LogP) is 2.84. The molecule has 32 heavy (non-hydrogen) atoms. The molecule has 0 bridgehead atoms. The van der Waals surface area contributed by atoms with Crippen molar-refractivity contribution in [3.63, 3.8) is 0 Å². The number of nitrogens with two attached hydrogens (primary N) is 1. The van der Waals surface area contributed by atoms with Crippen molar-refractivity contribution in [1.29, 1.82) is 0 Å². The number of thiazole rings is 1. The Bertz CT molecular complexity index is 1090. The van der Waals surface area contributed by atoms with Gasteiger partial charge in [0.1, 0.15) is 5.01 Å². The Morgan fingerprint density at radius 2 is 1.84 bits per heavy atom. The van der Waals surface area contributed by atoms with Crippen molar-refractivity contribution in [3.8, 4) is 10.6 Å². The third-order valence-electron chi connectivity index (χ3n) is 5.52. The van der Waals surface area contributed by atoms with Crippen LogP contribution in [0.4, 0.5) is 5.69 Å². The van der Waals surface area contributed by atoms with E-state index < -0.39 is 5.91 Å². The van der Waals surface area contributed by atoms with Gasteiger partial charge in [-0.15, -0.1) is 11.3 Å². The van der Waals surface area contributed by atoms with Crippen LogP contribution in [-0.4, -0.2) is 59.8 Å². The van der Waals surface area contributed by atoms with Gasteiger partial charge in [-0.2, -0.15) is 0 Å². The number of benzene rings is 2. The number of aromatic nitrogens is 1. The molecule has 0 saturated carbocycles. The molecule has 1 fully saturated rings. The number of piperazine rings is 1. The molecule has 2 heterocycles. The monoisotopic (exact) mass is 449 g/mol. The summed E-state index contributed by atoms with van der Waals surface area (Å²) < 4.78 is 0. The molecule has 8 heteroatoms. The van der Waals surface area contributed by atoms with E-state index in [1.165, 1.54) is 5.56 Å². The highest BCUT2D eigenvalue weighted by Gasteiger charge is 2.15. The van der Waals surface area contributed by atoms with Gasteiger partial charge in [-0.3, -0.25) is 14.5 Å². The van der Waals surface area contributed by atoms with Crippen molar-refractivity contribution >= 4 is 28.8 Å². The fraction of sp³-hybridized carbons (Fsp3) is 0.292. The second-order valence-electron chi connectivity index (χ2n) is 8.09. The first-order valence-corrected chi connectivity index (χ1v) is 11.5. The molecule has 0 atom stereocenters. The molecular formula is C24H27N5O2S. The smallest absolute Gasteiger partial charge is 0.248 e. The van der Waals surface area contributed by atoms with Crippen LogP contribution in [0, 0.1) is 0 Å². The summed E-state index contributed by atoms with van der Waals surface area (Å²) in [5.74, 6) is -0.650. The minimum Gasteiger partial charge on any atom is -0.366 e. The number of hydrogen-bond acceptors (Lipinski definition) is 6. The van der Waals surface area contributed by atoms with Gasteiger partial charge in [0, 0.05) is 54.9 Å². The Morgan fingerprint density at radius 3 is 2.56 bits per heavy atom. The van der Waals surface area contributed by atoms with E-state index in [9.17, 15) is 9.59 Å². The largest absolute Gasteiger partial charge is 0.366 e. The molecule has 7 nitrogen and oxygen atoms in total. The lowest BCUT2D eigenvalue weighted by atomic mass is 10.1. The highest BCUT2D eigenvalue weighted by molar-refractivity contribution is 7.13. The van der Waals surface area contributed by atoms with Crippen LogP contribution >= 0.6 is 11.3 Å². The first-order valence-electron chi connectivity index (χ1n) is 10.6. The maximum Gasteiger partial charge on any atom is 0.248 e. The lowest BCUT2D eigenvalue weighted by molar-refractivity contribution is -0.115. The Hall–Kier alpha value is -3.07. The zero-order chi connectivity index (χ0) is 22.5. The van der Waals surface area contributed by atoms with Crippen LogP contribution in [0.2, 0.25) is 0 Å². The molecule has 0 aliphatic carbocycles. The number of anilines is 1.